The summed E-state index contributed by atoms with van der Waals surface area (Å²) in [5.41, 5.74) is 5.37. The van der Waals surface area contributed by atoms with Crippen molar-refractivity contribution in [3.8, 4) is 0 Å². The lowest BCUT2D eigenvalue weighted by molar-refractivity contribution is -0.119. The zero-order valence-corrected chi connectivity index (χ0v) is 10.1. The van der Waals surface area contributed by atoms with Crippen molar-refractivity contribution in [2.75, 3.05) is 24.5 Å². The van der Waals surface area contributed by atoms with Crippen LogP contribution >= 0.6 is 15.9 Å². The molecule has 2 rings (SSSR count). The number of halogens is 1. The zero-order chi connectivity index (χ0) is 11.5. The van der Waals surface area contributed by atoms with Gasteiger partial charge in [0.2, 0.25) is 5.91 Å². The molecular formula is C9H12BrN5O. The lowest BCUT2D eigenvalue weighted by Crippen LogP contribution is -2.57. The van der Waals surface area contributed by atoms with Crippen LogP contribution in [0.1, 0.15) is 0 Å². The van der Waals surface area contributed by atoms with Crippen LogP contribution in [0.15, 0.2) is 17.0 Å². The normalized spacial score (nSPS) is 20.8. The largest absolute Gasteiger partial charge is 0.368 e. The summed E-state index contributed by atoms with van der Waals surface area (Å²) in [6, 6.07) is -0.361. The van der Waals surface area contributed by atoms with E-state index < -0.39 is 0 Å². The first-order valence-electron chi connectivity index (χ1n) is 4.92. The van der Waals surface area contributed by atoms with Crippen molar-refractivity contribution in [3.63, 3.8) is 0 Å². The summed E-state index contributed by atoms with van der Waals surface area (Å²) in [6.07, 6.45) is 3.11. The Labute approximate surface area is 101 Å². The molecule has 1 aliphatic heterocycles. The van der Waals surface area contributed by atoms with Crippen LogP contribution in [0.25, 0.3) is 0 Å². The second-order valence-corrected chi connectivity index (χ2v) is 4.36. The van der Waals surface area contributed by atoms with Crippen LogP contribution in [0.5, 0.6) is 0 Å². The van der Waals surface area contributed by atoms with Crippen molar-refractivity contribution in [1.29, 1.82) is 0 Å². The predicted octanol–water partition coefficient (Wildman–Crippen LogP) is -0.497. The molecule has 1 aromatic heterocycles. The molecule has 6 nitrogen and oxygen atoms in total. The third-order valence-electron chi connectivity index (χ3n) is 2.49. The Kier molecular flexibility index (Phi) is 3.35. The number of aromatic nitrogens is 2. The molecule has 1 aliphatic rings. The maximum absolute atomic E-state index is 11.3. The molecule has 1 saturated heterocycles. The van der Waals surface area contributed by atoms with Crippen molar-refractivity contribution < 1.29 is 4.79 Å². The van der Waals surface area contributed by atoms with Crippen molar-refractivity contribution in [3.05, 3.63) is 17.0 Å². The molecule has 0 aliphatic carbocycles. The number of carbonyl (C=O) groups excluding carboxylic acids is 1. The molecule has 0 spiro atoms. The van der Waals surface area contributed by atoms with Crippen molar-refractivity contribution in [2.24, 2.45) is 5.73 Å². The lowest BCUT2D eigenvalue weighted by Gasteiger charge is -2.35. The number of hydrogen-bond donors (Lipinski definition) is 2. The summed E-state index contributed by atoms with van der Waals surface area (Å²) in [6.45, 7) is 2.05. The minimum atomic E-state index is -0.361. The van der Waals surface area contributed by atoms with Crippen molar-refractivity contribution in [1.82, 2.24) is 15.3 Å². The SMILES string of the molecule is NC(=O)C1CNCCN1c1ncncc1Br. The van der Waals surface area contributed by atoms with E-state index in [1.54, 1.807) is 6.20 Å². The average Bonchev–Trinajstić information content (AvgIpc) is 2.29. The van der Waals surface area contributed by atoms with E-state index in [1.165, 1.54) is 6.33 Å². The number of hydrogen-bond acceptors (Lipinski definition) is 5. The van der Waals surface area contributed by atoms with Gasteiger partial charge in [-0.3, -0.25) is 4.79 Å². The molecule has 1 unspecified atom stereocenters. The second kappa shape index (κ2) is 4.75. The molecular weight excluding hydrogens is 274 g/mol. The maximum atomic E-state index is 11.3. The molecule has 1 fully saturated rings. The van der Waals surface area contributed by atoms with E-state index in [-0.39, 0.29) is 11.9 Å². The Bertz CT molecular complexity index is 399. The van der Waals surface area contributed by atoms with Gasteiger partial charge in [0, 0.05) is 25.8 Å². The fourth-order valence-electron chi connectivity index (χ4n) is 1.73. The number of amides is 1. The Balaban J connectivity index is 2.30. The summed E-state index contributed by atoms with van der Waals surface area (Å²) in [5.74, 6) is 0.359. The van der Waals surface area contributed by atoms with E-state index in [2.05, 4.69) is 31.2 Å². The first-order valence-corrected chi connectivity index (χ1v) is 5.71. The van der Waals surface area contributed by atoms with Gasteiger partial charge < -0.3 is 16.0 Å². The number of nitrogens with two attached hydrogens (primary N) is 1. The zero-order valence-electron chi connectivity index (χ0n) is 8.56. The van der Waals surface area contributed by atoms with E-state index in [0.29, 0.717) is 18.9 Å². The number of piperazine rings is 1. The Morgan fingerprint density at radius 2 is 2.50 bits per heavy atom. The fourth-order valence-corrected chi connectivity index (χ4v) is 2.18. The molecule has 86 valence electrons. The van der Waals surface area contributed by atoms with E-state index >= 15 is 0 Å². The van der Waals surface area contributed by atoms with E-state index in [0.717, 1.165) is 11.0 Å². The highest BCUT2D eigenvalue weighted by atomic mass is 79.9. The van der Waals surface area contributed by atoms with Crippen LogP contribution < -0.4 is 16.0 Å². The summed E-state index contributed by atoms with van der Waals surface area (Å²) in [4.78, 5) is 21.3. The molecule has 0 saturated carbocycles. The molecule has 0 bridgehead atoms. The monoisotopic (exact) mass is 285 g/mol. The minimum Gasteiger partial charge on any atom is -0.368 e. The number of primary amides is 1. The van der Waals surface area contributed by atoms with Gasteiger partial charge in [-0.25, -0.2) is 9.97 Å². The third kappa shape index (κ3) is 2.14. The maximum Gasteiger partial charge on any atom is 0.241 e. The van der Waals surface area contributed by atoms with Gasteiger partial charge in [-0.2, -0.15) is 0 Å². The van der Waals surface area contributed by atoms with Crippen LogP contribution in [-0.4, -0.2) is 41.6 Å². The van der Waals surface area contributed by atoms with Crippen LogP contribution in [0.2, 0.25) is 0 Å². The van der Waals surface area contributed by atoms with Gasteiger partial charge in [0.05, 0.1) is 4.47 Å². The Morgan fingerprint density at radius 1 is 1.69 bits per heavy atom. The smallest absolute Gasteiger partial charge is 0.241 e. The van der Waals surface area contributed by atoms with Crippen molar-refractivity contribution in [2.45, 2.75) is 6.04 Å². The third-order valence-corrected chi connectivity index (χ3v) is 3.05. The highest BCUT2D eigenvalue weighted by Crippen LogP contribution is 2.24. The summed E-state index contributed by atoms with van der Waals surface area (Å²) in [5, 5.41) is 3.13. The van der Waals surface area contributed by atoms with Crippen molar-refractivity contribution >= 4 is 27.7 Å². The summed E-state index contributed by atoms with van der Waals surface area (Å²) < 4.78 is 0.767. The van der Waals surface area contributed by atoms with E-state index in [4.69, 9.17) is 5.73 Å². The molecule has 1 aromatic rings. The minimum absolute atomic E-state index is 0.349. The second-order valence-electron chi connectivity index (χ2n) is 3.51. The summed E-state index contributed by atoms with van der Waals surface area (Å²) in [7, 11) is 0. The molecule has 2 heterocycles. The molecule has 16 heavy (non-hydrogen) atoms. The van der Waals surface area contributed by atoms with Gasteiger partial charge in [0.1, 0.15) is 18.2 Å². The molecule has 1 amide bonds. The van der Waals surface area contributed by atoms with Crippen LogP contribution in [0, 0.1) is 0 Å². The molecule has 3 N–H and O–H groups in total. The van der Waals surface area contributed by atoms with Crippen LogP contribution in [0.3, 0.4) is 0 Å². The first kappa shape index (κ1) is 11.3. The highest BCUT2D eigenvalue weighted by molar-refractivity contribution is 9.10. The predicted molar refractivity (Wildman–Crippen MR) is 62.9 cm³/mol. The number of rotatable bonds is 2. The van der Waals surface area contributed by atoms with Gasteiger partial charge in [0.15, 0.2) is 0 Å². The Hall–Kier alpha value is -1.21. The van der Waals surface area contributed by atoms with Gasteiger partial charge in [-0.1, -0.05) is 0 Å². The van der Waals surface area contributed by atoms with E-state index in [1.807, 2.05) is 4.90 Å². The summed E-state index contributed by atoms with van der Waals surface area (Å²) >= 11 is 3.37. The standard InChI is InChI=1S/C9H12BrN5O/c10-6-3-13-5-14-9(6)15-2-1-12-4-7(15)8(11)16/h3,5,7,12H,1-2,4H2,(H2,11,16). The highest BCUT2D eigenvalue weighted by Gasteiger charge is 2.28. The van der Waals surface area contributed by atoms with Gasteiger partial charge in [-0.15, -0.1) is 0 Å². The number of anilines is 1. The van der Waals surface area contributed by atoms with Gasteiger partial charge >= 0.3 is 0 Å². The molecule has 0 radical (unpaired) electrons. The van der Waals surface area contributed by atoms with Gasteiger partial charge in [-0.05, 0) is 15.9 Å². The molecule has 7 heteroatoms. The molecule has 1 atom stereocenters. The number of nitrogens with one attached hydrogen (secondary N) is 1. The van der Waals surface area contributed by atoms with Crippen LogP contribution in [0.4, 0.5) is 5.82 Å². The first-order chi connectivity index (χ1) is 7.70. The topological polar surface area (TPSA) is 84.1 Å². The lowest BCUT2D eigenvalue weighted by atomic mass is 10.2. The van der Waals surface area contributed by atoms with E-state index in [9.17, 15) is 4.79 Å². The number of carbonyl (C=O) groups is 1. The molecule has 0 aromatic carbocycles. The Morgan fingerprint density at radius 3 is 3.19 bits per heavy atom. The number of nitrogens with zero attached hydrogens (tertiary/aromatic N) is 3. The van der Waals surface area contributed by atoms with Gasteiger partial charge in [0.25, 0.3) is 0 Å². The average molecular weight is 286 g/mol. The quantitative estimate of drug-likeness (QED) is 0.766. The fraction of sp³-hybridized carbons (Fsp3) is 0.444. The van der Waals surface area contributed by atoms with Crippen LogP contribution in [-0.2, 0) is 4.79 Å².